The molecule has 1 aliphatic heterocycles. The molecule has 0 aliphatic carbocycles. The van der Waals surface area contributed by atoms with Crippen LogP contribution in [0.1, 0.15) is 0 Å². The molecule has 1 heterocycles. The van der Waals surface area contributed by atoms with Crippen molar-refractivity contribution >= 4 is 10.4 Å². The Morgan fingerprint density at radius 2 is 2.50 bits per heavy atom. The van der Waals surface area contributed by atoms with Gasteiger partial charge in [-0.2, -0.15) is 0 Å². The van der Waals surface area contributed by atoms with Crippen LogP contribution in [-0.2, 0) is 17.9 Å². The summed E-state index contributed by atoms with van der Waals surface area (Å²) in [5.74, 6) is 0. The summed E-state index contributed by atoms with van der Waals surface area (Å²) in [4.78, 5) is 0. The van der Waals surface area contributed by atoms with Gasteiger partial charge in [0.1, 0.15) is 0 Å². The average Bonchev–Trinajstić information content (AvgIpc) is 1.86. The van der Waals surface area contributed by atoms with Gasteiger partial charge < -0.3 is 0 Å². The molecule has 0 unspecified atom stereocenters. The predicted molar refractivity (Wildman–Crippen MR) is 18.4 cm³/mol. The van der Waals surface area contributed by atoms with Crippen molar-refractivity contribution < 1.29 is 17.9 Å². The molecule has 32 valence electrons. The van der Waals surface area contributed by atoms with Crippen LogP contribution < -0.4 is 0 Å². The van der Waals surface area contributed by atoms with Crippen molar-refractivity contribution in [2.45, 2.75) is 0 Å². The molecule has 0 aromatic rings. The van der Waals surface area contributed by atoms with Gasteiger partial charge >= 0.3 is 43.7 Å². The molecular formula is C2HN3Ru. The van der Waals surface area contributed by atoms with Crippen LogP contribution in [0.15, 0.2) is 15.4 Å². The Labute approximate surface area is 44.4 Å². The van der Waals surface area contributed by atoms with Gasteiger partial charge in [0, 0.05) is 0 Å². The molecule has 0 amide bonds. The molecule has 0 fully saturated rings. The number of rotatable bonds is 0. The first kappa shape index (κ1) is 3.94. The van der Waals surface area contributed by atoms with Gasteiger partial charge in [0.2, 0.25) is 0 Å². The molecule has 3 nitrogen and oxygen atoms in total. The van der Waals surface area contributed by atoms with Crippen molar-refractivity contribution in [2.75, 3.05) is 0 Å². The fourth-order valence-electron chi connectivity index (χ4n) is 0.165. The number of nitrogens with zero attached hydrogens (tertiary/aromatic N) is 3. The fraction of sp³-hybridized carbons (Fsp3) is 0. The van der Waals surface area contributed by atoms with Gasteiger partial charge in [-0.15, -0.1) is 0 Å². The van der Waals surface area contributed by atoms with Crippen molar-refractivity contribution in [2.24, 2.45) is 15.4 Å². The van der Waals surface area contributed by atoms with Crippen LogP contribution in [0, 0.1) is 0 Å². The third-order valence-electron chi connectivity index (χ3n) is 0.351. The third kappa shape index (κ3) is 0.628. The Hall–Kier alpha value is -0.237. The van der Waals surface area contributed by atoms with Crippen molar-refractivity contribution in [3.05, 3.63) is 0 Å². The first-order valence-electron chi connectivity index (χ1n) is 1.35. The quantitative estimate of drug-likeness (QED) is 0.460. The summed E-state index contributed by atoms with van der Waals surface area (Å²) < 4.78 is 0.800. The van der Waals surface area contributed by atoms with Crippen molar-refractivity contribution in [1.29, 1.82) is 0 Å². The van der Waals surface area contributed by atoms with E-state index < -0.39 is 0 Å². The summed E-state index contributed by atoms with van der Waals surface area (Å²) in [6.45, 7) is 0. The summed E-state index contributed by atoms with van der Waals surface area (Å²) in [5, 5.41) is 10.3. The minimum absolute atomic E-state index is 0.800. The van der Waals surface area contributed by atoms with E-state index in [4.69, 9.17) is 0 Å². The van der Waals surface area contributed by atoms with Gasteiger partial charge in [0.15, 0.2) is 0 Å². The van der Waals surface area contributed by atoms with Gasteiger partial charge in [0.05, 0.1) is 0 Å². The van der Waals surface area contributed by atoms with Gasteiger partial charge in [-0.05, 0) is 0 Å². The maximum atomic E-state index is 3.52. The standard InChI is InChI=1S/C2HN3.Ru/c1-2-4-5-3-1;/h1H;. The maximum absolute atomic E-state index is 3.52. The fourth-order valence-corrected chi connectivity index (χ4v) is 0.343. The van der Waals surface area contributed by atoms with Crippen molar-refractivity contribution in [3.63, 3.8) is 0 Å². The Balaban J connectivity index is 2.86. The van der Waals surface area contributed by atoms with E-state index in [1.54, 1.807) is 6.21 Å². The second-order valence-corrected chi connectivity index (χ2v) is 1.63. The molecule has 0 saturated carbocycles. The SMILES string of the molecule is [Ru]=[C]1C=NN=N1. The van der Waals surface area contributed by atoms with E-state index in [-0.39, 0.29) is 0 Å². The Bertz CT molecular complexity index is 111. The van der Waals surface area contributed by atoms with E-state index in [9.17, 15) is 0 Å². The van der Waals surface area contributed by atoms with Crippen LogP contribution in [0.3, 0.4) is 0 Å². The van der Waals surface area contributed by atoms with Crippen LogP contribution in [-0.4, -0.2) is 10.4 Å². The van der Waals surface area contributed by atoms with E-state index in [1.807, 2.05) is 0 Å². The summed E-state index contributed by atoms with van der Waals surface area (Å²) in [5.41, 5.74) is 0. The van der Waals surface area contributed by atoms with Gasteiger partial charge in [0.25, 0.3) is 0 Å². The Morgan fingerprint density at radius 1 is 1.67 bits per heavy atom. The van der Waals surface area contributed by atoms with Crippen molar-refractivity contribution in [3.8, 4) is 0 Å². The molecule has 0 N–H and O–H groups in total. The number of hydrogen-bond acceptors (Lipinski definition) is 3. The zero-order valence-electron chi connectivity index (χ0n) is 2.77. The number of hydrogen-bond donors (Lipinski definition) is 0. The molecule has 0 saturated heterocycles. The van der Waals surface area contributed by atoms with E-state index in [2.05, 4.69) is 33.3 Å². The van der Waals surface area contributed by atoms with E-state index in [1.165, 1.54) is 0 Å². The molecule has 0 aromatic heterocycles. The molecule has 0 radical (unpaired) electrons. The van der Waals surface area contributed by atoms with Gasteiger partial charge in [-0.25, -0.2) is 0 Å². The van der Waals surface area contributed by atoms with Gasteiger partial charge in [-0.3, -0.25) is 0 Å². The second-order valence-electron chi connectivity index (χ2n) is 0.744. The molecule has 4 heteroatoms. The molecule has 0 atom stereocenters. The Morgan fingerprint density at radius 3 is 2.67 bits per heavy atom. The summed E-state index contributed by atoms with van der Waals surface area (Å²) in [6.07, 6.45) is 1.58. The zero-order chi connectivity index (χ0) is 4.41. The van der Waals surface area contributed by atoms with Gasteiger partial charge in [-0.1, -0.05) is 0 Å². The second kappa shape index (κ2) is 1.47. The van der Waals surface area contributed by atoms with Crippen LogP contribution in [0.2, 0.25) is 0 Å². The summed E-state index contributed by atoms with van der Waals surface area (Å²) >= 11 is 2.29. The first-order chi connectivity index (χ1) is 2.89. The Kier molecular flexibility index (Phi) is 0.968. The van der Waals surface area contributed by atoms with Crippen LogP contribution in [0.4, 0.5) is 0 Å². The van der Waals surface area contributed by atoms with Crippen molar-refractivity contribution in [1.82, 2.24) is 0 Å². The zero-order valence-corrected chi connectivity index (χ0v) is 4.51. The van der Waals surface area contributed by atoms with E-state index >= 15 is 0 Å². The molecular weight excluding hydrogens is 167 g/mol. The topological polar surface area (TPSA) is 37.1 Å². The first-order valence-corrected chi connectivity index (χ1v) is 2.22. The predicted octanol–water partition coefficient (Wildman–Crippen LogP) is 0.115. The monoisotopic (exact) mass is 169 g/mol. The van der Waals surface area contributed by atoms with Crippen LogP contribution in [0.5, 0.6) is 0 Å². The average molecular weight is 168 g/mol. The third-order valence-corrected chi connectivity index (χ3v) is 0.749. The molecule has 1 rings (SSSR count). The molecule has 1 aliphatic rings. The molecule has 0 aromatic carbocycles. The van der Waals surface area contributed by atoms with E-state index in [0.717, 1.165) is 4.23 Å². The van der Waals surface area contributed by atoms with Crippen LogP contribution in [0.25, 0.3) is 0 Å². The van der Waals surface area contributed by atoms with Crippen LogP contribution >= 0.6 is 0 Å². The molecule has 0 bridgehead atoms. The minimum atomic E-state index is 0.800. The summed E-state index contributed by atoms with van der Waals surface area (Å²) in [7, 11) is 0. The summed E-state index contributed by atoms with van der Waals surface area (Å²) in [6, 6.07) is 0. The molecule has 0 spiro atoms. The van der Waals surface area contributed by atoms with E-state index in [0.29, 0.717) is 0 Å². The molecule has 6 heavy (non-hydrogen) atoms. The normalized spacial score (nSPS) is 17.2.